The molecule has 3 rings (SSSR count). The Morgan fingerprint density at radius 2 is 1.86 bits per heavy atom. The van der Waals surface area contributed by atoms with Crippen LogP contribution in [0.5, 0.6) is 5.75 Å². The highest BCUT2D eigenvalue weighted by Gasteiger charge is 2.33. The number of nitrogens with zero attached hydrogens (tertiary/aromatic N) is 1. The molecule has 1 saturated carbocycles. The van der Waals surface area contributed by atoms with Crippen molar-refractivity contribution in [1.82, 2.24) is 4.90 Å². The van der Waals surface area contributed by atoms with Gasteiger partial charge in [0, 0.05) is 12.1 Å². The predicted molar refractivity (Wildman–Crippen MR) is 87.6 cm³/mol. The molecule has 0 saturated heterocycles. The molecule has 21 heavy (non-hydrogen) atoms. The van der Waals surface area contributed by atoms with E-state index < -0.39 is 0 Å². The summed E-state index contributed by atoms with van der Waals surface area (Å²) in [6.07, 6.45) is 8.96. The van der Waals surface area contributed by atoms with Crippen LogP contribution in [0.15, 0.2) is 18.2 Å². The molecule has 0 aliphatic heterocycles. The maximum Gasteiger partial charge on any atom is 0.115 e. The van der Waals surface area contributed by atoms with Crippen molar-refractivity contribution in [3.8, 4) is 5.75 Å². The number of aryl methyl sites for hydroxylation is 1. The van der Waals surface area contributed by atoms with Gasteiger partial charge >= 0.3 is 0 Å². The summed E-state index contributed by atoms with van der Waals surface area (Å²) in [5.74, 6) is 0.413. The van der Waals surface area contributed by atoms with E-state index in [2.05, 4.69) is 31.9 Å². The van der Waals surface area contributed by atoms with Crippen molar-refractivity contribution in [2.24, 2.45) is 5.41 Å². The number of rotatable bonds is 2. The number of hydrogen-bond acceptors (Lipinski definition) is 2. The van der Waals surface area contributed by atoms with Crippen molar-refractivity contribution in [1.29, 1.82) is 0 Å². The number of aromatic hydroxyl groups is 1. The van der Waals surface area contributed by atoms with Gasteiger partial charge in [0.05, 0.1) is 0 Å². The van der Waals surface area contributed by atoms with Gasteiger partial charge in [-0.05, 0) is 80.7 Å². The fraction of sp³-hybridized carbons (Fsp3) is 0.684. The van der Waals surface area contributed by atoms with Crippen LogP contribution in [0.25, 0.3) is 0 Å². The second kappa shape index (κ2) is 5.64. The smallest absolute Gasteiger partial charge is 0.115 e. The second-order valence-electron chi connectivity index (χ2n) is 7.85. The third-order valence-electron chi connectivity index (χ3n) is 5.79. The molecule has 1 fully saturated rings. The summed E-state index contributed by atoms with van der Waals surface area (Å²) in [4.78, 5) is 2.63. The molecule has 0 radical (unpaired) electrons. The van der Waals surface area contributed by atoms with Crippen molar-refractivity contribution in [3.63, 3.8) is 0 Å². The van der Waals surface area contributed by atoms with Gasteiger partial charge in [-0.25, -0.2) is 0 Å². The molecule has 0 aromatic heterocycles. The second-order valence-corrected chi connectivity index (χ2v) is 7.85. The van der Waals surface area contributed by atoms with Gasteiger partial charge < -0.3 is 5.11 Å². The predicted octanol–water partition coefficient (Wildman–Crippen LogP) is 4.67. The van der Waals surface area contributed by atoms with E-state index in [4.69, 9.17) is 0 Å². The lowest BCUT2D eigenvalue weighted by Gasteiger charge is -2.43. The van der Waals surface area contributed by atoms with Crippen LogP contribution in [-0.4, -0.2) is 23.1 Å². The molecule has 0 heterocycles. The average molecular weight is 287 g/mol. The molecule has 2 nitrogen and oxygen atoms in total. The summed E-state index contributed by atoms with van der Waals surface area (Å²) in [7, 11) is 2.32. The first-order chi connectivity index (χ1) is 9.96. The van der Waals surface area contributed by atoms with Gasteiger partial charge in [-0.2, -0.15) is 0 Å². The molecule has 2 aliphatic carbocycles. The van der Waals surface area contributed by atoms with E-state index in [1.807, 2.05) is 12.1 Å². The Kier molecular flexibility index (Phi) is 4.00. The summed E-state index contributed by atoms with van der Waals surface area (Å²) < 4.78 is 0. The Hall–Kier alpha value is -1.02. The van der Waals surface area contributed by atoms with Crippen molar-refractivity contribution < 1.29 is 5.11 Å². The number of benzene rings is 1. The lowest BCUT2D eigenvalue weighted by molar-refractivity contribution is 0.0868. The molecule has 2 heteroatoms. The molecule has 1 unspecified atom stereocenters. The number of hydrogen-bond donors (Lipinski definition) is 1. The Morgan fingerprint density at radius 1 is 1.14 bits per heavy atom. The van der Waals surface area contributed by atoms with Gasteiger partial charge in [0.1, 0.15) is 5.75 Å². The van der Waals surface area contributed by atoms with Gasteiger partial charge in [-0.1, -0.05) is 19.9 Å². The number of phenols is 1. The van der Waals surface area contributed by atoms with Crippen LogP contribution in [0.2, 0.25) is 0 Å². The SMILES string of the molecule is CN(C1CCC(C)(C)CC1)C1CCCc2cc(O)ccc21. The third kappa shape index (κ3) is 3.11. The Bertz CT molecular complexity index is 498. The Balaban J connectivity index is 1.76. The minimum atomic E-state index is 0.413. The molecule has 116 valence electrons. The zero-order chi connectivity index (χ0) is 15.0. The van der Waals surface area contributed by atoms with Gasteiger partial charge in [-0.3, -0.25) is 4.90 Å². The van der Waals surface area contributed by atoms with Gasteiger partial charge in [-0.15, -0.1) is 0 Å². The summed E-state index contributed by atoms with van der Waals surface area (Å²) in [5.41, 5.74) is 3.34. The zero-order valence-electron chi connectivity index (χ0n) is 13.7. The van der Waals surface area contributed by atoms with Crippen molar-refractivity contribution in [3.05, 3.63) is 29.3 Å². The van der Waals surface area contributed by atoms with Crippen molar-refractivity contribution >= 4 is 0 Å². The highest BCUT2D eigenvalue weighted by Crippen LogP contribution is 2.41. The fourth-order valence-electron chi connectivity index (χ4n) is 4.24. The Labute approximate surface area is 129 Å². The van der Waals surface area contributed by atoms with Crippen LogP contribution < -0.4 is 0 Å². The van der Waals surface area contributed by atoms with Crippen LogP contribution >= 0.6 is 0 Å². The highest BCUT2D eigenvalue weighted by molar-refractivity contribution is 5.38. The maximum absolute atomic E-state index is 9.71. The van der Waals surface area contributed by atoms with Gasteiger partial charge in [0.15, 0.2) is 0 Å². The van der Waals surface area contributed by atoms with Crippen LogP contribution in [0, 0.1) is 5.41 Å². The quantitative estimate of drug-likeness (QED) is 0.854. The lowest BCUT2D eigenvalue weighted by Crippen LogP contribution is -2.40. The van der Waals surface area contributed by atoms with E-state index in [1.54, 1.807) is 0 Å². The first-order valence-electron chi connectivity index (χ1n) is 8.50. The van der Waals surface area contributed by atoms with E-state index in [1.165, 1.54) is 49.7 Å². The lowest BCUT2D eigenvalue weighted by atomic mass is 9.74. The molecule has 2 aliphatic rings. The normalized spacial score (nSPS) is 25.8. The summed E-state index contributed by atoms with van der Waals surface area (Å²) >= 11 is 0. The monoisotopic (exact) mass is 287 g/mol. The third-order valence-corrected chi connectivity index (χ3v) is 5.79. The topological polar surface area (TPSA) is 23.5 Å². The van der Waals surface area contributed by atoms with Crippen LogP contribution in [0.3, 0.4) is 0 Å². The van der Waals surface area contributed by atoms with Crippen LogP contribution in [-0.2, 0) is 6.42 Å². The van der Waals surface area contributed by atoms with E-state index in [-0.39, 0.29) is 0 Å². The van der Waals surface area contributed by atoms with Gasteiger partial charge in [0.25, 0.3) is 0 Å². The molecule has 1 atom stereocenters. The van der Waals surface area contributed by atoms with Gasteiger partial charge in [0.2, 0.25) is 0 Å². The number of phenolic OH excluding ortho intramolecular Hbond substituents is 1. The Morgan fingerprint density at radius 3 is 2.57 bits per heavy atom. The van der Waals surface area contributed by atoms with Crippen molar-refractivity contribution in [2.75, 3.05) is 7.05 Å². The fourth-order valence-corrected chi connectivity index (χ4v) is 4.24. The highest BCUT2D eigenvalue weighted by atomic mass is 16.3. The first-order valence-corrected chi connectivity index (χ1v) is 8.50. The molecule has 0 amide bonds. The van der Waals surface area contributed by atoms with E-state index >= 15 is 0 Å². The summed E-state index contributed by atoms with van der Waals surface area (Å²) in [5, 5.41) is 9.71. The van der Waals surface area contributed by atoms with Crippen LogP contribution in [0.4, 0.5) is 0 Å². The van der Waals surface area contributed by atoms with E-state index in [9.17, 15) is 5.11 Å². The van der Waals surface area contributed by atoms with Crippen LogP contribution in [0.1, 0.15) is 69.5 Å². The largest absolute Gasteiger partial charge is 0.508 e. The van der Waals surface area contributed by atoms with E-state index in [0.717, 1.165) is 12.5 Å². The minimum absolute atomic E-state index is 0.413. The molecule has 1 aromatic rings. The summed E-state index contributed by atoms with van der Waals surface area (Å²) in [6, 6.07) is 7.25. The van der Waals surface area contributed by atoms with Crippen molar-refractivity contribution in [2.45, 2.75) is 70.9 Å². The number of fused-ring (bicyclic) bond motifs is 1. The average Bonchev–Trinajstić information content (AvgIpc) is 2.45. The molecular formula is C19H29NO. The zero-order valence-corrected chi connectivity index (χ0v) is 13.7. The molecule has 1 N–H and O–H groups in total. The molecule has 1 aromatic carbocycles. The molecule has 0 spiro atoms. The van der Waals surface area contributed by atoms with E-state index in [0.29, 0.717) is 17.2 Å². The maximum atomic E-state index is 9.71. The standard InChI is InChI=1S/C19H29NO/c1-19(2)11-9-15(10-12-19)20(3)18-6-4-5-14-13-16(21)7-8-17(14)18/h7-8,13,15,18,21H,4-6,9-12H2,1-3H3. The molecule has 0 bridgehead atoms. The summed E-state index contributed by atoms with van der Waals surface area (Å²) in [6.45, 7) is 4.81. The minimum Gasteiger partial charge on any atom is -0.508 e. The first kappa shape index (κ1) is 14.9. The molecular weight excluding hydrogens is 258 g/mol.